The van der Waals surface area contributed by atoms with E-state index in [9.17, 15) is 5.11 Å². The van der Waals surface area contributed by atoms with Crippen molar-refractivity contribution in [2.45, 2.75) is 55.0 Å². The molecule has 0 aromatic carbocycles. The highest BCUT2D eigenvalue weighted by Gasteiger charge is 2.51. The molecule has 0 amide bonds. The molecule has 2 aliphatic heterocycles. The van der Waals surface area contributed by atoms with Crippen molar-refractivity contribution in [3.63, 3.8) is 0 Å². The van der Waals surface area contributed by atoms with E-state index in [0.29, 0.717) is 12.0 Å². The first-order chi connectivity index (χ1) is 7.80. The molecule has 2 saturated heterocycles. The van der Waals surface area contributed by atoms with Crippen molar-refractivity contribution in [1.29, 1.82) is 0 Å². The van der Waals surface area contributed by atoms with E-state index in [0.717, 1.165) is 12.8 Å². The SMILES string of the molecule is O[C@@H]1CC2(SCCCS2)[C@H]2CCCC[C@@H]2O1. The van der Waals surface area contributed by atoms with Crippen LogP contribution in [-0.2, 0) is 4.74 Å². The van der Waals surface area contributed by atoms with Gasteiger partial charge in [0, 0.05) is 12.3 Å². The van der Waals surface area contributed by atoms with Gasteiger partial charge in [-0.1, -0.05) is 12.8 Å². The first-order valence-electron chi connectivity index (χ1n) is 6.42. The van der Waals surface area contributed by atoms with Crippen LogP contribution in [0.25, 0.3) is 0 Å². The molecule has 3 aliphatic rings. The molecule has 2 nitrogen and oxygen atoms in total. The molecule has 3 fully saturated rings. The molecule has 2 heterocycles. The van der Waals surface area contributed by atoms with E-state index < -0.39 is 6.29 Å². The summed E-state index contributed by atoms with van der Waals surface area (Å²) < 4.78 is 6.03. The number of hydrogen-bond acceptors (Lipinski definition) is 4. The summed E-state index contributed by atoms with van der Waals surface area (Å²) in [5.41, 5.74) is 0. The quantitative estimate of drug-likeness (QED) is 0.725. The maximum absolute atomic E-state index is 9.92. The third-order valence-corrected chi connectivity index (χ3v) is 7.65. The Morgan fingerprint density at radius 2 is 1.81 bits per heavy atom. The van der Waals surface area contributed by atoms with Gasteiger partial charge in [-0.15, -0.1) is 23.5 Å². The van der Waals surface area contributed by atoms with E-state index in [2.05, 4.69) is 23.5 Å². The molecule has 92 valence electrons. The number of fused-ring (bicyclic) bond motifs is 2. The van der Waals surface area contributed by atoms with E-state index in [1.807, 2.05) is 0 Å². The molecular formula is C12H20O2S2. The monoisotopic (exact) mass is 260 g/mol. The summed E-state index contributed by atoms with van der Waals surface area (Å²) in [6, 6.07) is 0. The molecule has 1 spiro atoms. The Bertz CT molecular complexity index is 253. The number of rotatable bonds is 0. The smallest absolute Gasteiger partial charge is 0.157 e. The van der Waals surface area contributed by atoms with Gasteiger partial charge in [0.1, 0.15) is 0 Å². The van der Waals surface area contributed by atoms with Crippen LogP contribution in [0.5, 0.6) is 0 Å². The Labute approximate surface area is 106 Å². The van der Waals surface area contributed by atoms with Crippen molar-refractivity contribution >= 4 is 23.5 Å². The molecule has 1 N–H and O–H groups in total. The van der Waals surface area contributed by atoms with E-state index in [-0.39, 0.29) is 4.08 Å². The molecule has 0 bridgehead atoms. The Balaban J connectivity index is 1.82. The number of aliphatic hydroxyl groups excluding tert-OH is 1. The van der Waals surface area contributed by atoms with Gasteiger partial charge in [-0.2, -0.15) is 0 Å². The minimum absolute atomic E-state index is 0.279. The van der Waals surface area contributed by atoms with Gasteiger partial charge in [0.25, 0.3) is 0 Å². The lowest BCUT2D eigenvalue weighted by Crippen LogP contribution is -2.52. The number of ether oxygens (including phenoxy) is 1. The van der Waals surface area contributed by atoms with Gasteiger partial charge in [0.2, 0.25) is 0 Å². The molecule has 1 saturated carbocycles. The Morgan fingerprint density at radius 3 is 2.62 bits per heavy atom. The summed E-state index contributed by atoms with van der Waals surface area (Å²) in [6.07, 6.45) is 7.06. The lowest BCUT2D eigenvalue weighted by atomic mass is 9.81. The van der Waals surface area contributed by atoms with Crippen LogP contribution < -0.4 is 0 Å². The van der Waals surface area contributed by atoms with Gasteiger partial charge >= 0.3 is 0 Å². The van der Waals surface area contributed by atoms with Crippen molar-refractivity contribution in [1.82, 2.24) is 0 Å². The molecule has 3 atom stereocenters. The lowest BCUT2D eigenvalue weighted by Gasteiger charge is -2.52. The van der Waals surface area contributed by atoms with Gasteiger partial charge < -0.3 is 9.84 Å². The highest BCUT2D eigenvalue weighted by atomic mass is 32.2. The molecule has 3 rings (SSSR count). The molecule has 0 radical (unpaired) electrons. The van der Waals surface area contributed by atoms with Crippen molar-refractivity contribution in [2.24, 2.45) is 5.92 Å². The minimum atomic E-state index is -0.516. The van der Waals surface area contributed by atoms with Gasteiger partial charge in [-0.25, -0.2) is 0 Å². The van der Waals surface area contributed by atoms with Crippen LogP contribution in [-0.4, -0.2) is 33.1 Å². The fraction of sp³-hybridized carbons (Fsp3) is 1.00. The minimum Gasteiger partial charge on any atom is -0.368 e. The topological polar surface area (TPSA) is 29.5 Å². The zero-order valence-electron chi connectivity index (χ0n) is 9.56. The van der Waals surface area contributed by atoms with Crippen LogP contribution >= 0.6 is 23.5 Å². The fourth-order valence-electron chi connectivity index (χ4n) is 3.33. The van der Waals surface area contributed by atoms with Crippen LogP contribution in [0.1, 0.15) is 38.5 Å². The third-order valence-electron chi connectivity index (χ3n) is 4.04. The molecule has 0 aromatic rings. The Hall–Kier alpha value is 0.620. The van der Waals surface area contributed by atoms with Crippen LogP contribution in [0.4, 0.5) is 0 Å². The molecule has 0 aromatic heterocycles. The number of aliphatic hydroxyl groups is 1. The summed E-state index contributed by atoms with van der Waals surface area (Å²) in [5.74, 6) is 3.21. The molecular weight excluding hydrogens is 240 g/mol. The second kappa shape index (κ2) is 4.71. The third kappa shape index (κ3) is 2.02. The second-order valence-electron chi connectivity index (χ2n) is 5.09. The summed E-state index contributed by atoms with van der Waals surface area (Å²) in [7, 11) is 0. The predicted octanol–water partition coefficient (Wildman–Crippen LogP) is 2.85. The number of thioether (sulfide) groups is 2. The molecule has 0 unspecified atom stereocenters. The summed E-state index contributed by atoms with van der Waals surface area (Å²) >= 11 is 4.20. The average molecular weight is 260 g/mol. The standard InChI is InChI=1S/C12H20O2S2/c13-11-8-12(15-6-3-7-16-12)9-4-1-2-5-10(9)14-11/h9-11,13H,1-8H2/t9-,10-,11-/m0/s1. The van der Waals surface area contributed by atoms with Crippen LogP contribution in [0, 0.1) is 5.92 Å². The molecule has 16 heavy (non-hydrogen) atoms. The van der Waals surface area contributed by atoms with Crippen molar-refractivity contribution in [3.05, 3.63) is 0 Å². The summed E-state index contributed by atoms with van der Waals surface area (Å²) in [6.45, 7) is 0. The molecule has 1 aliphatic carbocycles. The van der Waals surface area contributed by atoms with E-state index in [1.165, 1.54) is 37.2 Å². The van der Waals surface area contributed by atoms with Crippen molar-refractivity contribution in [2.75, 3.05) is 11.5 Å². The van der Waals surface area contributed by atoms with Crippen molar-refractivity contribution in [3.8, 4) is 0 Å². The van der Waals surface area contributed by atoms with E-state index in [1.54, 1.807) is 0 Å². The average Bonchev–Trinajstić information content (AvgIpc) is 2.30. The normalized spacial score (nSPS) is 42.9. The predicted molar refractivity (Wildman–Crippen MR) is 69.7 cm³/mol. The molecule has 4 heteroatoms. The highest BCUT2D eigenvalue weighted by molar-refractivity contribution is 8.18. The van der Waals surface area contributed by atoms with Gasteiger partial charge in [-0.05, 0) is 30.8 Å². The van der Waals surface area contributed by atoms with Gasteiger partial charge in [-0.3, -0.25) is 0 Å². The second-order valence-corrected chi connectivity index (χ2v) is 8.20. The highest BCUT2D eigenvalue weighted by Crippen LogP contribution is 2.57. The van der Waals surface area contributed by atoms with Crippen LogP contribution in [0.3, 0.4) is 0 Å². The maximum atomic E-state index is 9.92. The zero-order chi connectivity index (χ0) is 11.0. The first kappa shape index (κ1) is 11.7. The Morgan fingerprint density at radius 1 is 1.06 bits per heavy atom. The maximum Gasteiger partial charge on any atom is 0.157 e. The Kier molecular flexibility index (Phi) is 3.44. The first-order valence-corrected chi connectivity index (χ1v) is 8.39. The zero-order valence-corrected chi connectivity index (χ0v) is 11.2. The lowest BCUT2D eigenvalue weighted by molar-refractivity contribution is -0.191. The fourth-order valence-corrected chi connectivity index (χ4v) is 7.10. The summed E-state index contributed by atoms with van der Waals surface area (Å²) in [4.78, 5) is 0. The van der Waals surface area contributed by atoms with Gasteiger partial charge in [0.15, 0.2) is 6.29 Å². The largest absolute Gasteiger partial charge is 0.368 e. The van der Waals surface area contributed by atoms with Crippen LogP contribution in [0.2, 0.25) is 0 Å². The van der Waals surface area contributed by atoms with Crippen molar-refractivity contribution < 1.29 is 9.84 Å². The van der Waals surface area contributed by atoms with Crippen LogP contribution in [0.15, 0.2) is 0 Å². The number of hydrogen-bond donors (Lipinski definition) is 1. The van der Waals surface area contributed by atoms with E-state index in [4.69, 9.17) is 4.74 Å². The van der Waals surface area contributed by atoms with E-state index >= 15 is 0 Å². The van der Waals surface area contributed by atoms with Gasteiger partial charge in [0.05, 0.1) is 10.2 Å². The summed E-state index contributed by atoms with van der Waals surface area (Å²) in [5, 5.41) is 9.92.